The van der Waals surface area contributed by atoms with Gasteiger partial charge in [0.2, 0.25) is 0 Å². The molecule has 2 aliphatic rings. The fraction of sp³-hybridized carbons (Fsp3) is 0.533. The first-order valence-electron chi connectivity index (χ1n) is 7.71. The molecule has 0 radical (unpaired) electrons. The third kappa shape index (κ3) is 3.53. The van der Waals surface area contributed by atoms with Crippen LogP contribution in [-0.4, -0.2) is 35.1 Å². The van der Waals surface area contributed by atoms with E-state index in [0.717, 1.165) is 4.90 Å². The molecule has 26 heavy (non-hydrogen) atoms. The van der Waals surface area contributed by atoms with Gasteiger partial charge in [-0.15, -0.1) is 13.2 Å². The number of benzene rings is 1. The number of hydrogen-bond donors (Lipinski definition) is 0. The quantitative estimate of drug-likeness (QED) is 0.433. The first-order chi connectivity index (χ1) is 12.0. The third-order valence-corrected chi connectivity index (χ3v) is 5.41. The number of alkyl halides is 6. The zero-order chi connectivity index (χ0) is 19.3. The van der Waals surface area contributed by atoms with Gasteiger partial charge in [-0.3, -0.25) is 8.98 Å². The number of rotatable bonds is 2. The number of nitrogens with zero attached hydrogens (tertiary/aromatic N) is 1. The maximum Gasteiger partial charge on any atom is 0.615 e. The van der Waals surface area contributed by atoms with Gasteiger partial charge in [-0.25, -0.2) is 0 Å². The standard InChI is InChI=1S/C15H13F6NO3S/c16-14(17,18)13(23)22-5-1-2-10-11-7-9(25-26(24)15(19,20)21)4-3-8(11)6-12(10)22/h3-4,7,10,12H,1-2,5-6H2/p+1. The lowest BCUT2D eigenvalue weighted by Crippen LogP contribution is -2.51. The molecule has 1 fully saturated rings. The lowest BCUT2D eigenvalue weighted by molar-refractivity contribution is -0.189. The summed E-state index contributed by atoms with van der Waals surface area (Å²) in [7, 11) is 0. The number of halogens is 6. The van der Waals surface area contributed by atoms with Crippen LogP contribution in [0, 0.1) is 0 Å². The molecule has 1 aliphatic carbocycles. The molecule has 1 amide bonds. The number of likely N-dealkylation sites (tertiary alicyclic amines) is 1. The summed E-state index contributed by atoms with van der Waals surface area (Å²) in [5, 5.41) is 0. The highest BCUT2D eigenvalue weighted by atomic mass is 32.2. The van der Waals surface area contributed by atoms with E-state index >= 15 is 0 Å². The van der Waals surface area contributed by atoms with Gasteiger partial charge in [0.25, 0.3) is 0 Å². The van der Waals surface area contributed by atoms with E-state index in [4.69, 9.17) is 0 Å². The fourth-order valence-electron chi connectivity index (χ4n) is 3.62. The number of thiol groups is 1. The van der Waals surface area contributed by atoms with Crippen molar-refractivity contribution in [2.75, 3.05) is 6.54 Å². The summed E-state index contributed by atoms with van der Waals surface area (Å²) in [5.74, 6) is -2.59. The highest BCUT2D eigenvalue weighted by molar-refractivity contribution is 7.81. The fourth-order valence-corrected chi connectivity index (χ4v) is 4.03. The molecular weight excluding hydrogens is 388 g/mol. The molecule has 1 saturated heterocycles. The predicted octanol–water partition coefficient (Wildman–Crippen LogP) is 3.39. The summed E-state index contributed by atoms with van der Waals surface area (Å²) in [4.78, 5) is 12.4. The molecule has 1 heterocycles. The van der Waals surface area contributed by atoms with Crippen LogP contribution in [0.25, 0.3) is 0 Å². The lowest BCUT2D eigenvalue weighted by Gasteiger charge is -2.38. The number of piperidine rings is 1. The van der Waals surface area contributed by atoms with Gasteiger partial charge in [-0.2, -0.15) is 13.2 Å². The van der Waals surface area contributed by atoms with E-state index in [0.29, 0.717) is 24.0 Å². The number of carbonyl (C=O) groups is 1. The summed E-state index contributed by atoms with van der Waals surface area (Å²) in [5.41, 5.74) is -3.81. The van der Waals surface area contributed by atoms with Crippen molar-refractivity contribution in [1.82, 2.24) is 4.90 Å². The summed E-state index contributed by atoms with van der Waals surface area (Å²) in [6.45, 7) is -0.0171. The van der Waals surface area contributed by atoms with Crippen LogP contribution < -0.4 is 4.18 Å². The van der Waals surface area contributed by atoms with Crippen LogP contribution in [0.15, 0.2) is 18.2 Å². The first-order valence-corrected chi connectivity index (χ1v) is 8.89. The minimum atomic E-state index is -5.00. The van der Waals surface area contributed by atoms with Gasteiger partial charge >= 0.3 is 28.7 Å². The summed E-state index contributed by atoms with van der Waals surface area (Å²) in [6.07, 6.45) is -3.93. The Hall–Kier alpha value is -1.78. The maximum absolute atomic E-state index is 12.8. The molecule has 11 heteroatoms. The number of amides is 1. The molecule has 4 nitrogen and oxygen atoms in total. The molecule has 1 aromatic rings. The molecule has 144 valence electrons. The average Bonchev–Trinajstić information content (AvgIpc) is 2.90. The molecule has 3 unspecified atom stereocenters. The summed E-state index contributed by atoms with van der Waals surface area (Å²) >= 11 is -3.92. The molecule has 3 atom stereocenters. The van der Waals surface area contributed by atoms with E-state index in [1.54, 1.807) is 0 Å². The minimum absolute atomic E-state index is 0.0171. The van der Waals surface area contributed by atoms with Crippen molar-refractivity contribution in [3.05, 3.63) is 29.3 Å². The van der Waals surface area contributed by atoms with Crippen LogP contribution in [0.1, 0.15) is 29.9 Å². The van der Waals surface area contributed by atoms with Crippen molar-refractivity contribution in [1.29, 1.82) is 0 Å². The molecule has 0 bridgehead atoms. The Bertz CT molecular complexity index is 748. The van der Waals surface area contributed by atoms with Gasteiger partial charge in [-0.1, -0.05) is 10.3 Å². The highest BCUT2D eigenvalue weighted by Crippen LogP contribution is 2.44. The van der Waals surface area contributed by atoms with E-state index in [1.165, 1.54) is 18.2 Å². The van der Waals surface area contributed by atoms with Gasteiger partial charge in [0.15, 0.2) is 5.75 Å². The second-order valence-corrected chi connectivity index (χ2v) is 7.40. The molecule has 3 rings (SSSR count). The molecular formula is C15H14F6NO3S+. The smallest absolute Gasteiger partial charge is 0.331 e. The van der Waals surface area contributed by atoms with Gasteiger partial charge in [0.05, 0.1) is 0 Å². The van der Waals surface area contributed by atoms with Crippen LogP contribution in [-0.2, 0) is 26.5 Å². The van der Waals surface area contributed by atoms with Crippen LogP contribution >= 0.6 is 0 Å². The Kier molecular flexibility index (Phi) is 4.70. The first kappa shape index (κ1) is 19.0. The second-order valence-electron chi connectivity index (χ2n) is 6.19. The number of fused-ring (bicyclic) bond motifs is 3. The van der Waals surface area contributed by atoms with Crippen molar-refractivity contribution < 1.29 is 39.5 Å². The van der Waals surface area contributed by atoms with E-state index in [2.05, 4.69) is 4.18 Å². The second kappa shape index (κ2) is 6.43. The Morgan fingerprint density at radius 2 is 1.88 bits per heavy atom. The zero-order valence-corrected chi connectivity index (χ0v) is 14.0. The van der Waals surface area contributed by atoms with Crippen LogP contribution in [0.3, 0.4) is 0 Å². The molecule has 0 aromatic heterocycles. The van der Waals surface area contributed by atoms with Crippen LogP contribution in [0.4, 0.5) is 26.3 Å². The molecule has 0 saturated carbocycles. The monoisotopic (exact) mass is 402 g/mol. The van der Waals surface area contributed by atoms with Crippen molar-refractivity contribution in [3.8, 4) is 5.75 Å². The third-order valence-electron chi connectivity index (χ3n) is 4.62. The summed E-state index contributed by atoms with van der Waals surface area (Å²) in [6, 6.07) is 3.23. The molecule has 0 spiro atoms. The van der Waals surface area contributed by atoms with Crippen molar-refractivity contribution in [3.63, 3.8) is 0 Å². The maximum atomic E-state index is 12.8. The Balaban J connectivity index is 1.84. The van der Waals surface area contributed by atoms with Gasteiger partial charge in [-0.05, 0) is 42.5 Å². The van der Waals surface area contributed by atoms with E-state index in [9.17, 15) is 35.3 Å². The summed E-state index contributed by atoms with van der Waals surface area (Å²) < 4.78 is 91.0. The Morgan fingerprint density at radius 3 is 2.50 bits per heavy atom. The van der Waals surface area contributed by atoms with E-state index in [-0.39, 0.29) is 18.7 Å². The molecule has 1 aliphatic heterocycles. The largest absolute Gasteiger partial charge is 0.615 e. The van der Waals surface area contributed by atoms with Crippen molar-refractivity contribution >= 4 is 17.0 Å². The predicted molar refractivity (Wildman–Crippen MR) is 79.8 cm³/mol. The Morgan fingerprint density at radius 1 is 1.19 bits per heavy atom. The zero-order valence-electron chi connectivity index (χ0n) is 13.1. The van der Waals surface area contributed by atoms with E-state index in [1.807, 2.05) is 0 Å². The average molecular weight is 402 g/mol. The minimum Gasteiger partial charge on any atom is -0.331 e. The normalized spacial score (nSPS) is 24.0. The number of hydrogen-bond acceptors (Lipinski definition) is 3. The SMILES string of the molecule is O=C(N1CCCC2c3cc(O[SH+](=O)C(F)(F)F)ccc3CC21)C(F)(F)F. The van der Waals surface area contributed by atoms with Crippen molar-refractivity contribution in [2.45, 2.75) is 42.9 Å². The molecule has 0 N–H and O–H groups in total. The van der Waals surface area contributed by atoms with Crippen molar-refractivity contribution in [2.24, 2.45) is 0 Å². The van der Waals surface area contributed by atoms with Gasteiger partial charge in [0.1, 0.15) is 0 Å². The highest BCUT2D eigenvalue weighted by Gasteiger charge is 2.50. The van der Waals surface area contributed by atoms with Crippen LogP contribution in [0.2, 0.25) is 0 Å². The lowest BCUT2D eigenvalue weighted by atomic mass is 9.88. The van der Waals surface area contributed by atoms with Crippen LogP contribution in [0.5, 0.6) is 5.75 Å². The van der Waals surface area contributed by atoms with Gasteiger partial charge in [0, 0.05) is 18.5 Å². The van der Waals surface area contributed by atoms with E-state index < -0.39 is 40.6 Å². The van der Waals surface area contributed by atoms with Gasteiger partial charge < -0.3 is 4.90 Å². The molecule has 1 aromatic carbocycles. The number of carbonyl (C=O) groups excluding carboxylic acids is 1. The topological polar surface area (TPSA) is 46.6 Å². The Labute approximate surface area is 146 Å².